The summed E-state index contributed by atoms with van der Waals surface area (Å²) in [6.45, 7) is 3.01. The van der Waals surface area contributed by atoms with E-state index < -0.39 is 0 Å². The van der Waals surface area contributed by atoms with E-state index in [1.54, 1.807) is 17.1 Å². The Labute approximate surface area is 148 Å². The van der Waals surface area contributed by atoms with Crippen LogP contribution in [0.3, 0.4) is 0 Å². The van der Waals surface area contributed by atoms with Crippen molar-refractivity contribution in [3.63, 3.8) is 0 Å². The number of aromatic nitrogens is 2. The fraction of sp³-hybridized carbons (Fsp3) is 0.474. The lowest BCUT2D eigenvalue weighted by Gasteiger charge is -2.47. The van der Waals surface area contributed by atoms with Gasteiger partial charge < -0.3 is 9.64 Å². The number of ether oxygens (including phenoxy) is 1. The van der Waals surface area contributed by atoms with E-state index >= 15 is 0 Å². The lowest BCUT2D eigenvalue weighted by molar-refractivity contribution is -0.0950. The molecule has 1 amide bonds. The Morgan fingerprint density at radius 2 is 2.12 bits per heavy atom. The highest BCUT2D eigenvalue weighted by atomic mass is 16.5. The summed E-state index contributed by atoms with van der Waals surface area (Å²) in [5.74, 6) is 0.0448. The van der Waals surface area contributed by atoms with Gasteiger partial charge in [0.2, 0.25) is 0 Å². The molecule has 1 aromatic carbocycles. The third kappa shape index (κ3) is 3.19. The molecular weight excluding hydrogens is 316 g/mol. The molecule has 1 atom stereocenters. The van der Waals surface area contributed by atoms with Crippen molar-refractivity contribution in [2.75, 3.05) is 26.7 Å². The van der Waals surface area contributed by atoms with Gasteiger partial charge in [-0.05, 0) is 19.0 Å². The zero-order valence-electron chi connectivity index (χ0n) is 14.8. The van der Waals surface area contributed by atoms with Gasteiger partial charge in [0, 0.05) is 25.8 Å². The lowest BCUT2D eigenvalue weighted by atomic mass is 9.88. The Hall–Kier alpha value is -2.18. The molecule has 6 heteroatoms. The summed E-state index contributed by atoms with van der Waals surface area (Å²) in [5, 5.41) is 4.07. The summed E-state index contributed by atoms with van der Waals surface area (Å²) < 4.78 is 7.77. The lowest BCUT2D eigenvalue weighted by Crippen LogP contribution is -2.63. The molecule has 0 aliphatic carbocycles. The Kier molecular flexibility index (Phi) is 4.09. The smallest absolute Gasteiger partial charge is 0.257 e. The zero-order chi connectivity index (χ0) is 17.4. The molecule has 0 N–H and O–H groups in total. The van der Waals surface area contributed by atoms with E-state index in [9.17, 15) is 4.79 Å². The molecule has 0 bridgehead atoms. The summed E-state index contributed by atoms with van der Waals surface area (Å²) >= 11 is 0. The number of likely N-dealkylation sites (tertiary alicyclic amines) is 1. The maximum absolute atomic E-state index is 12.4. The number of likely N-dealkylation sites (N-methyl/N-ethyl adjacent to an activating group) is 1. The number of amides is 1. The van der Waals surface area contributed by atoms with Crippen molar-refractivity contribution in [1.29, 1.82) is 0 Å². The van der Waals surface area contributed by atoms with E-state index in [1.165, 1.54) is 5.56 Å². The topological polar surface area (TPSA) is 50.6 Å². The first-order valence-corrected chi connectivity index (χ1v) is 8.71. The van der Waals surface area contributed by atoms with Crippen LogP contribution in [-0.2, 0) is 18.3 Å². The van der Waals surface area contributed by atoms with E-state index in [4.69, 9.17) is 4.74 Å². The second-order valence-corrected chi connectivity index (χ2v) is 7.32. The predicted octanol–water partition coefficient (Wildman–Crippen LogP) is 1.54. The molecule has 1 aromatic heterocycles. The first-order chi connectivity index (χ1) is 12.0. The third-order valence-electron chi connectivity index (χ3n) is 5.28. The highest BCUT2D eigenvalue weighted by Crippen LogP contribution is 2.37. The van der Waals surface area contributed by atoms with Gasteiger partial charge in [0.25, 0.3) is 5.91 Å². The summed E-state index contributed by atoms with van der Waals surface area (Å²) in [5.41, 5.74) is 1.80. The molecule has 1 spiro atoms. The van der Waals surface area contributed by atoms with E-state index in [-0.39, 0.29) is 11.5 Å². The number of nitrogens with zero attached hydrogens (tertiary/aromatic N) is 4. The second-order valence-electron chi connectivity index (χ2n) is 7.32. The largest absolute Gasteiger partial charge is 0.370 e. The van der Waals surface area contributed by atoms with E-state index in [1.807, 2.05) is 18.0 Å². The molecular formula is C19H24N4O2. The summed E-state index contributed by atoms with van der Waals surface area (Å²) in [6.07, 6.45) is 4.37. The summed E-state index contributed by atoms with van der Waals surface area (Å²) in [7, 11) is 3.97. The monoisotopic (exact) mass is 340 g/mol. The van der Waals surface area contributed by atoms with Gasteiger partial charge in [0.05, 0.1) is 31.5 Å². The van der Waals surface area contributed by atoms with E-state index in [2.05, 4.69) is 41.3 Å². The van der Waals surface area contributed by atoms with Crippen molar-refractivity contribution in [2.45, 2.75) is 24.6 Å². The van der Waals surface area contributed by atoms with E-state index in [0.717, 1.165) is 19.6 Å². The Morgan fingerprint density at radius 1 is 1.36 bits per heavy atom. The number of hydrogen-bond donors (Lipinski definition) is 0. The van der Waals surface area contributed by atoms with Gasteiger partial charge in [-0.3, -0.25) is 14.4 Å². The minimum atomic E-state index is -0.159. The number of rotatable bonds is 4. The molecule has 2 aliphatic heterocycles. The molecule has 0 radical (unpaired) electrons. The maximum atomic E-state index is 12.4. The molecule has 2 saturated heterocycles. The molecule has 2 aliphatic rings. The van der Waals surface area contributed by atoms with Gasteiger partial charge in [-0.2, -0.15) is 5.10 Å². The van der Waals surface area contributed by atoms with Crippen LogP contribution < -0.4 is 0 Å². The molecule has 4 rings (SSSR count). The molecule has 132 valence electrons. The molecule has 3 heterocycles. The van der Waals surface area contributed by atoms with Crippen molar-refractivity contribution in [3.05, 3.63) is 53.9 Å². The van der Waals surface area contributed by atoms with E-state index in [0.29, 0.717) is 24.7 Å². The highest BCUT2D eigenvalue weighted by Gasteiger charge is 2.52. The standard InChI is InChI=1S/C19H24N4O2/c1-21(10-15-6-4-3-5-7-15)17-8-19(25-12-17)13-23(14-19)18(24)16-9-20-22(2)11-16/h3-7,9,11,17H,8,10,12-14H2,1-2H3. The number of carbonyl (C=O) groups excluding carboxylic acids is 1. The fourth-order valence-corrected chi connectivity index (χ4v) is 3.83. The Morgan fingerprint density at radius 3 is 2.80 bits per heavy atom. The van der Waals surface area contributed by atoms with Crippen LogP contribution in [-0.4, -0.2) is 63.9 Å². The molecule has 2 fully saturated rings. The zero-order valence-corrected chi connectivity index (χ0v) is 14.8. The predicted molar refractivity (Wildman–Crippen MR) is 94.1 cm³/mol. The van der Waals surface area contributed by atoms with Crippen LogP contribution >= 0.6 is 0 Å². The molecule has 1 unspecified atom stereocenters. The number of aryl methyl sites for hydroxylation is 1. The van der Waals surface area contributed by atoms with Gasteiger partial charge in [0.15, 0.2) is 0 Å². The van der Waals surface area contributed by atoms with Gasteiger partial charge in [-0.15, -0.1) is 0 Å². The molecule has 25 heavy (non-hydrogen) atoms. The van der Waals surface area contributed by atoms with Gasteiger partial charge in [-0.25, -0.2) is 0 Å². The highest BCUT2D eigenvalue weighted by molar-refractivity contribution is 5.94. The van der Waals surface area contributed by atoms with Crippen LogP contribution in [0.15, 0.2) is 42.7 Å². The van der Waals surface area contributed by atoms with Crippen LogP contribution in [0.4, 0.5) is 0 Å². The van der Waals surface area contributed by atoms with Gasteiger partial charge in [-0.1, -0.05) is 30.3 Å². The molecule has 2 aromatic rings. The Balaban J connectivity index is 1.32. The van der Waals surface area contributed by atoms with Crippen molar-refractivity contribution in [3.8, 4) is 0 Å². The van der Waals surface area contributed by atoms with Crippen LogP contribution in [0.2, 0.25) is 0 Å². The minimum Gasteiger partial charge on any atom is -0.370 e. The first kappa shape index (κ1) is 16.3. The average molecular weight is 340 g/mol. The quantitative estimate of drug-likeness (QED) is 0.847. The number of benzene rings is 1. The van der Waals surface area contributed by atoms with Crippen molar-refractivity contribution < 1.29 is 9.53 Å². The van der Waals surface area contributed by atoms with Crippen LogP contribution in [0.25, 0.3) is 0 Å². The number of hydrogen-bond acceptors (Lipinski definition) is 4. The summed E-state index contributed by atoms with van der Waals surface area (Å²) in [4.78, 5) is 16.7. The van der Waals surface area contributed by atoms with Gasteiger partial charge in [0.1, 0.15) is 5.60 Å². The van der Waals surface area contributed by atoms with Gasteiger partial charge >= 0.3 is 0 Å². The van der Waals surface area contributed by atoms with Crippen molar-refractivity contribution in [2.24, 2.45) is 7.05 Å². The second kappa shape index (κ2) is 6.28. The SMILES string of the molecule is CN(Cc1ccccc1)C1COC2(C1)CN(C(=O)c1cnn(C)c1)C2. The number of carbonyl (C=O) groups is 1. The van der Waals surface area contributed by atoms with Crippen LogP contribution in [0.1, 0.15) is 22.3 Å². The first-order valence-electron chi connectivity index (χ1n) is 8.71. The van der Waals surface area contributed by atoms with Crippen LogP contribution in [0.5, 0.6) is 0 Å². The maximum Gasteiger partial charge on any atom is 0.257 e. The van der Waals surface area contributed by atoms with Crippen LogP contribution in [0, 0.1) is 0 Å². The van der Waals surface area contributed by atoms with Crippen molar-refractivity contribution >= 4 is 5.91 Å². The summed E-state index contributed by atoms with van der Waals surface area (Å²) in [6, 6.07) is 10.9. The normalized spacial score (nSPS) is 21.7. The van der Waals surface area contributed by atoms with Crippen molar-refractivity contribution in [1.82, 2.24) is 19.6 Å². The fourth-order valence-electron chi connectivity index (χ4n) is 3.83. The molecule has 6 nitrogen and oxygen atoms in total. The molecule has 0 saturated carbocycles. The minimum absolute atomic E-state index is 0.0448. The Bertz CT molecular complexity index is 752. The third-order valence-corrected chi connectivity index (χ3v) is 5.28. The average Bonchev–Trinajstić information content (AvgIpc) is 3.20.